The van der Waals surface area contributed by atoms with E-state index >= 15 is 0 Å². The van der Waals surface area contributed by atoms with Crippen LogP contribution in [0.2, 0.25) is 0 Å². The smallest absolute Gasteiger partial charge is 0.0387 e. The van der Waals surface area contributed by atoms with Gasteiger partial charge in [0, 0.05) is 35.8 Å². The summed E-state index contributed by atoms with van der Waals surface area (Å²) in [5.74, 6) is 0.859. The van der Waals surface area contributed by atoms with Gasteiger partial charge in [0.15, 0.2) is 0 Å². The minimum absolute atomic E-state index is 0.644. The summed E-state index contributed by atoms with van der Waals surface area (Å²) in [4.78, 5) is 2.74. The molecule has 1 heterocycles. The van der Waals surface area contributed by atoms with Gasteiger partial charge in [0.2, 0.25) is 0 Å². The summed E-state index contributed by atoms with van der Waals surface area (Å²) in [7, 11) is 0. The Labute approximate surface area is 136 Å². The summed E-state index contributed by atoms with van der Waals surface area (Å²) in [5.41, 5.74) is 1.57. The molecule has 0 radical (unpaired) electrons. The van der Waals surface area contributed by atoms with E-state index in [0.717, 1.165) is 19.0 Å². The van der Waals surface area contributed by atoms with Gasteiger partial charge in [-0.2, -0.15) is 0 Å². The molecule has 1 aromatic rings. The standard InChI is InChI=1S/C17H25IN2/c18-16-9-5-4-8-15(16)17(14-6-2-1-3-7-14)20-12-10-19-11-13-20/h4-5,8-9,14,17,19H,1-3,6-7,10-13H2/t17-/m1/s1. The monoisotopic (exact) mass is 384 g/mol. The van der Waals surface area contributed by atoms with Gasteiger partial charge in [-0.05, 0) is 53.0 Å². The molecule has 1 aliphatic heterocycles. The first-order chi connectivity index (χ1) is 9.86. The molecule has 1 aromatic carbocycles. The van der Waals surface area contributed by atoms with Gasteiger partial charge in [-0.15, -0.1) is 0 Å². The molecule has 3 rings (SSSR count). The number of hydrogen-bond acceptors (Lipinski definition) is 2. The SMILES string of the molecule is Ic1ccccc1[C@@H](C1CCCCC1)N1CCNCC1. The summed E-state index contributed by atoms with van der Waals surface area (Å²) in [6, 6.07) is 9.67. The summed E-state index contributed by atoms with van der Waals surface area (Å²) >= 11 is 2.53. The first kappa shape index (κ1) is 14.8. The molecule has 2 fully saturated rings. The van der Waals surface area contributed by atoms with Gasteiger partial charge in [-0.25, -0.2) is 0 Å². The third-order valence-corrected chi connectivity index (χ3v) is 5.85. The number of piperazine rings is 1. The van der Waals surface area contributed by atoms with Crippen LogP contribution in [0.15, 0.2) is 24.3 Å². The van der Waals surface area contributed by atoms with Crippen molar-refractivity contribution in [3.63, 3.8) is 0 Å². The highest BCUT2D eigenvalue weighted by atomic mass is 127. The van der Waals surface area contributed by atoms with Crippen molar-refractivity contribution in [2.24, 2.45) is 5.92 Å². The predicted molar refractivity (Wildman–Crippen MR) is 92.9 cm³/mol. The second-order valence-electron chi connectivity index (χ2n) is 6.15. The Morgan fingerprint density at radius 2 is 1.75 bits per heavy atom. The molecule has 2 aliphatic rings. The normalized spacial score (nSPS) is 23.6. The van der Waals surface area contributed by atoms with Crippen LogP contribution in [0.3, 0.4) is 0 Å². The van der Waals surface area contributed by atoms with Gasteiger partial charge >= 0.3 is 0 Å². The van der Waals surface area contributed by atoms with Crippen molar-refractivity contribution < 1.29 is 0 Å². The van der Waals surface area contributed by atoms with Gasteiger partial charge < -0.3 is 5.32 Å². The van der Waals surface area contributed by atoms with E-state index in [1.807, 2.05) is 0 Å². The summed E-state index contributed by atoms with van der Waals surface area (Å²) in [6.07, 6.45) is 7.13. The molecule has 0 amide bonds. The highest BCUT2D eigenvalue weighted by molar-refractivity contribution is 14.1. The van der Waals surface area contributed by atoms with Crippen molar-refractivity contribution >= 4 is 22.6 Å². The Kier molecular flexibility index (Phi) is 5.35. The van der Waals surface area contributed by atoms with Gasteiger partial charge in [0.05, 0.1) is 0 Å². The largest absolute Gasteiger partial charge is 0.314 e. The van der Waals surface area contributed by atoms with E-state index in [4.69, 9.17) is 0 Å². The molecule has 20 heavy (non-hydrogen) atoms. The van der Waals surface area contributed by atoms with Crippen LogP contribution >= 0.6 is 22.6 Å². The first-order valence-electron chi connectivity index (χ1n) is 8.05. The van der Waals surface area contributed by atoms with E-state index in [0.29, 0.717) is 6.04 Å². The van der Waals surface area contributed by atoms with Crippen LogP contribution in [-0.4, -0.2) is 31.1 Å². The molecule has 0 bridgehead atoms. The Hall–Kier alpha value is -0.130. The number of hydrogen-bond donors (Lipinski definition) is 1. The van der Waals surface area contributed by atoms with Crippen molar-refractivity contribution in [1.82, 2.24) is 10.2 Å². The molecule has 1 atom stereocenters. The van der Waals surface area contributed by atoms with Crippen LogP contribution in [0, 0.1) is 9.49 Å². The first-order valence-corrected chi connectivity index (χ1v) is 9.13. The minimum atomic E-state index is 0.644. The maximum absolute atomic E-state index is 3.50. The lowest BCUT2D eigenvalue weighted by molar-refractivity contribution is 0.103. The zero-order valence-electron chi connectivity index (χ0n) is 12.2. The van der Waals surface area contributed by atoms with E-state index in [-0.39, 0.29) is 0 Å². The topological polar surface area (TPSA) is 15.3 Å². The summed E-state index contributed by atoms with van der Waals surface area (Å²) in [5, 5.41) is 3.50. The van der Waals surface area contributed by atoms with Crippen molar-refractivity contribution in [2.75, 3.05) is 26.2 Å². The van der Waals surface area contributed by atoms with Crippen molar-refractivity contribution in [1.29, 1.82) is 0 Å². The molecular weight excluding hydrogens is 359 g/mol. The molecule has 0 aromatic heterocycles. The quantitative estimate of drug-likeness (QED) is 0.798. The number of benzene rings is 1. The Balaban J connectivity index is 1.87. The third kappa shape index (κ3) is 3.37. The molecular formula is C17H25IN2. The van der Waals surface area contributed by atoms with Crippen LogP contribution in [0.25, 0.3) is 0 Å². The third-order valence-electron chi connectivity index (χ3n) is 4.87. The Morgan fingerprint density at radius 1 is 1.05 bits per heavy atom. The van der Waals surface area contributed by atoms with E-state index < -0.39 is 0 Å². The fourth-order valence-corrected chi connectivity index (χ4v) is 4.58. The zero-order chi connectivity index (χ0) is 13.8. The highest BCUT2D eigenvalue weighted by Crippen LogP contribution is 2.39. The van der Waals surface area contributed by atoms with Gasteiger partial charge in [-0.3, -0.25) is 4.90 Å². The fourth-order valence-electron chi connectivity index (χ4n) is 3.87. The van der Waals surface area contributed by atoms with Crippen LogP contribution in [-0.2, 0) is 0 Å². The molecule has 0 unspecified atom stereocenters. The second kappa shape index (κ2) is 7.23. The van der Waals surface area contributed by atoms with Gasteiger partial charge in [0.25, 0.3) is 0 Å². The lowest BCUT2D eigenvalue weighted by atomic mass is 9.80. The number of nitrogens with one attached hydrogen (secondary N) is 1. The molecule has 1 saturated carbocycles. The predicted octanol–water partition coefficient (Wildman–Crippen LogP) is 3.82. The average molecular weight is 384 g/mol. The van der Waals surface area contributed by atoms with E-state index in [1.54, 1.807) is 5.56 Å². The maximum atomic E-state index is 3.50. The Morgan fingerprint density at radius 3 is 2.45 bits per heavy atom. The molecule has 2 nitrogen and oxygen atoms in total. The lowest BCUT2D eigenvalue weighted by Crippen LogP contribution is -2.47. The van der Waals surface area contributed by atoms with Crippen LogP contribution in [0.4, 0.5) is 0 Å². The van der Waals surface area contributed by atoms with Gasteiger partial charge in [-0.1, -0.05) is 37.5 Å². The Bertz CT molecular complexity index is 405. The van der Waals surface area contributed by atoms with Crippen molar-refractivity contribution in [3.05, 3.63) is 33.4 Å². The number of nitrogens with zero attached hydrogens (tertiary/aromatic N) is 1. The van der Waals surface area contributed by atoms with E-state index in [1.165, 1.54) is 48.8 Å². The lowest BCUT2D eigenvalue weighted by Gasteiger charge is -2.41. The molecule has 110 valence electrons. The van der Waals surface area contributed by atoms with E-state index in [9.17, 15) is 0 Å². The number of halogens is 1. The van der Waals surface area contributed by atoms with Crippen LogP contribution in [0.5, 0.6) is 0 Å². The van der Waals surface area contributed by atoms with Crippen molar-refractivity contribution in [3.8, 4) is 0 Å². The molecule has 1 N–H and O–H groups in total. The minimum Gasteiger partial charge on any atom is -0.314 e. The molecule has 1 aliphatic carbocycles. The highest BCUT2D eigenvalue weighted by Gasteiger charge is 2.31. The summed E-state index contributed by atoms with van der Waals surface area (Å²) in [6.45, 7) is 4.69. The molecule has 0 spiro atoms. The zero-order valence-corrected chi connectivity index (χ0v) is 14.3. The van der Waals surface area contributed by atoms with Crippen LogP contribution < -0.4 is 5.32 Å². The summed E-state index contributed by atoms with van der Waals surface area (Å²) < 4.78 is 1.44. The second-order valence-corrected chi connectivity index (χ2v) is 7.31. The molecule has 3 heteroatoms. The molecule has 1 saturated heterocycles. The van der Waals surface area contributed by atoms with Gasteiger partial charge in [0.1, 0.15) is 0 Å². The number of rotatable bonds is 3. The fraction of sp³-hybridized carbons (Fsp3) is 0.647. The average Bonchev–Trinajstić information content (AvgIpc) is 2.52. The van der Waals surface area contributed by atoms with E-state index in [2.05, 4.69) is 57.1 Å². The maximum Gasteiger partial charge on any atom is 0.0387 e. The van der Waals surface area contributed by atoms with Crippen LogP contribution in [0.1, 0.15) is 43.7 Å². The van der Waals surface area contributed by atoms with Crippen molar-refractivity contribution in [2.45, 2.75) is 38.1 Å².